The summed E-state index contributed by atoms with van der Waals surface area (Å²) >= 11 is 0. The fourth-order valence-electron chi connectivity index (χ4n) is 2.77. The second-order valence-corrected chi connectivity index (χ2v) is 5.38. The largest absolute Gasteiger partial charge is 0.391 e. The SMILES string of the molecule is O=C1NCc2nn(-c3ccc(N4CCC(O)C4)nc3)cc21. The molecule has 108 valence electrons. The minimum Gasteiger partial charge on any atom is -0.391 e. The lowest BCUT2D eigenvalue weighted by Crippen LogP contribution is -2.22. The Balaban J connectivity index is 1.59. The van der Waals surface area contributed by atoms with Crippen molar-refractivity contribution in [1.82, 2.24) is 20.1 Å². The van der Waals surface area contributed by atoms with E-state index in [9.17, 15) is 9.90 Å². The lowest BCUT2D eigenvalue weighted by molar-refractivity contribution is 0.0965. The third kappa shape index (κ3) is 2.06. The van der Waals surface area contributed by atoms with Crippen molar-refractivity contribution in [2.24, 2.45) is 0 Å². The molecule has 0 bridgehead atoms. The molecule has 7 heteroatoms. The third-order valence-corrected chi connectivity index (χ3v) is 3.94. The van der Waals surface area contributed by atoms with E-state index in [1.54, 1.807) is 17.1 Å². The fourth-order valence-corrected chi connectivity index (χ4v) is 2.77. The maximum Gasteiger partial charge on any atom is 0.255 e. The fraction of sp³-hybridized carbons (Fsp3) is 0.357. The van der Waals surface area contributed by atoms with Crippen molar-refractivity contribution in [3.05, 3.63) is 35.8 Å². The van der Waals surface area contributed by atoms with Gasteiger partial charge in [-0.2, -0.15) is 5.10 Å². The Bertz CT molecular complexity index is 694. The number of fused-ring (bicyclic) bond motifs is 1. The molecule has 2 aromatic rings. The van der Waals surface area contributed by atoms with Crippen molar-refractivity contribution < 1.29 is 9.90 Å². The first kappa shape index (κ1) is 12.3. The average Bonchev–Trinajstić information content (AvgIpc) is 3.17. The molecule has 7 nitrogen and oxygen atoms in total. The van der Waals surface area contributed by atoms with Crippen LogP contribution in [0.5, 0.6) is 0 Å². The second-order valence-electron chi connectivity index (χ2n) is 5.38. The van der Waals surface area contributed by atoms with Crippen molar-refractivity contribution >= 4 is 11.7 Å². The highest BCUT2D eigenvalue weighted by Crippen LogP contribution is 2.20. The summed E-state index contributed by atoms with van der Waals surface area (Å²) < 4.78 is 1.68. The number of hydrogen-bond donors (Lipinski definition) is 2. The highest BCUT2D eigenvalue weighted by molar-refractivity contribution is 5.97. The van der Waals surface area contributed by atoms with Crippen molar-refractivity contribution in [3.8, 4) is 5.69 Å². The van der Waals surface area contributed by atoms with Gasteiger partial charge in [-0.15, -0.1) is 0 Å². The second kappa shape index (κ2) is 4.56. The Kier molecular flexibility index (Phi) is 2.68. The Morgan fingerprint density at radius 1 is 1.38 bits per heavy atom. The maximum absolute atomic E-state index is 11.6. The molecule has 1 atom stereocenters. The Morgan fingerprint density at radius 3 is 2.95 bits per heavy atom. The van der Waals surface area contributed by atoms with Crippen LogP contribution >= 0.6 is 0 Å². The summed E-state index contributed by atoms with van der Waals surface area (Å²) in [5.41, 5.74) is 2.22. The molecule has 2 N–H and O–H groups in total. The van der Waals surface area contributed by atoms with E-state index < -0.39 is 0 Å². The number of hydrogen-bond acceptors (Lipinski definition) is 5. The molecule has 2 aliphatic rings. The normalized spacial score (nSPS) is 20.7. The summed E-state index contributed by atoms with van der Waals surface area (Å²) in [6.07, 6.45) is 3.98. The zero-order valence-electron chi connectivity index (χ0n) is 11.4. The Labute approximate surface area is 121 Å². The Morgan fingerprint density at radius 2 is 2.29 bits per heavy atom. The first-order chi connectivity index (χ1) is 10.2. The van der Waals surface area contributed by atoms with Gasteiger partial charge in [0.05, 0.1) is 35.8 Å². The molecule has 1 saturated heterocycles. The predicted octanol–water partition coefficient (Wildman–Crippen LogP) is 0.0817. The van der Waals surface area contributed by atoms with E-state index in [0.717, 1.165) is 30.2 Å². The Hall–Kier alpha value is -2.41. The zero-order chi connectivity index (χ0) is 14.4. The van der Waals surface area contributed by atoms with Crippen molar-refractivity contribution in [2.45, 2.75) is 19.1 Å². The molecule has 21 heavy (non-hydrogen) atoms. The molecule has 4 heterocycles. The summed E-state index contributed by atoms with van der Waals surface area (Å²) in [5, 5.41) is 16.7. The molecule has 1 fully saturated rings. The number of carbonyl (C=O) groups is 1. The van der Waals surface area contributed by atoms with Gasteiger partial charge in [0.25, 0.3) is 5.91 Å². The van der Waals surface area contributed by atoms with Crippen LogP contribution in [-0.4, -0.2) is 45.0 Å². The summed E-state index contributed by atoms with van der Waals surface area (Å²) in [4.78, 5) is 18.0. The van der Waals surface area contributed by atoms with Gasteiger partial charge in [0.15, 0.2) is 0 Å². The van der Waals surface area contributed by atoms with Crippen LogP contribution in [0.15, 0.2) is 24.5 Å². The molecule has 0 radical (unpaired) electrons. The number of amides is 1. The number of carbonyl (C=O) groups excluding carboxylic acids is 1. The van der Waals surface area contributed by atoms with Gasteiger partial charge in [-0.3, -0.25) is 4.79 Å². The van der Waals surface area contributed by atoms with Crippen molar-refractivity contribution in [3.63, 3.8) is 0 Å². The van der Waals surface area contributed by atoms with Gasteiger partial charge >= 0.3 is 0 Å². The number of nitrogens with zero attached hydrogens (tertiary/aromatic N) is 4. The van der Waals surface area contributed by atoms with Gasteiger partial charge in [0, 0.05) is 19.3 Å². The van der Waals surface area contributed by atoms with Crippen LogP contribution in [-0.2, 0) is 6.54 Å². The molecular weight excluding hydrogens is 270 g/mol. The number of aliphatic hydroxyl groups is 1. The van der Waals surface area contributed by atoms with Gasteiger partial charge in [0.1, 0.15) is 5.82 Å². The number of nitrogens with one attached hydrogen (secondary N) is 1. The van der Waals surface area contributed by atoms with Gasteiger partial charge in [-0.25, -0.2) is 9.67 Å². The summed E-state index contributed by atoms with van der Waals surface area (Å²) in [6, 6.07) is 3.84. The number of rotatable bonds is 2. The molecular formula is C14H15N5O2. The average molecular weight is 285 g/mol. The number of β-amino-alcohol motifs (C(OH)–C–C–N with tert-alkyl or cyclic N) is 1. The van der Waals surface area contributed by atoms with Gasteiger partial charge in [-0.1, -0.05) is 0 Å². The van der Waals surface area contributed by atoms with E-state index in [-0.39, 0.29) is 12.0 Å². The van der Waals surface area contributed by atoms with Crippen LogP contribution < -0.4 is 10.2 Å². The number of anilines is 1. The topological polar surface area (TPSA) is 83.3 Å². The molecule has 4 rings (SSSR count). The van der Waals surface area contributed by atoms with E-state index in [4.69, 9.17) is 0 Å². The van der Waals surface area contributed by atoms with Crippen LogP contribution in [0.3, 0.4) is 0 Å². The first-order valence-corrected chi connectivity index (χ1v) is 6.97. The monoisotopic (exact) mass is 285 g/mol. The minimum absolute atomic E-state index is 0.0770. The molecule has 0 spiro atoms. The quantitative estimate of drug-likeness (QED) is 0.816. The first-order valence-electron chi connectivity index (χ1n) is 6.97. The van der Waals surface area contributed by atoms with Crippen molar-refractivity contribution in [1.29, 1.82) is 0 Å². The molecule has 0 saturated carbocycles. The molecule has 1 amide bonds. The van der Waals surface area contributed by atoms with Crippen LogP contribution in [0.25, 0.3) is 5.69 Å². The molecule has 0 aromatic carbocycles. The number of pyridine rings is 1. The smallest absolute Gasteiger partial charge is 0.255 e. The number of aliphatic hydroxyl groups excluding tert-OH is 1. The summed E-state index contributed by atoms with van der Waals surface area (Å²) in [5.74, 6) is 0.777. The van der Waals surface area contributed by atoms with Crippen LogP contribution in [0, 0.1) is 0 Å². The van der Waals surface area contributed by atoms with E-state index in [1.165, 1.54) is 0 Å². The molecule has 2 aromatic heterocycles. The van der Waals surface area contributed by atoms with Gasteiger partial charge in [0.2, 0.25) is 0 Å². The summed E-state index contributed by atoms with van der Waals surface area (Å²) in [7, 11) is 0. The van der Waals surface area contributed by atoms with E-state index in [1.807, 2.05) is 12.1 Å². The molecule has 0 aliphatic carbocycles. The standard InChI is InChI=1S/C14H15N5O2/c20-10-3-4-18(7-10)13-2-1-9(5-15-13)19-8-11-12(17-19)6-16-14(11)21/h1-2,5,8,10,20H,3-4,6-7H2,(H,16,21). The summed E-state index contributed by atoms with van der Waals surface area (Å²) in [6.45, 7) is 1.94. The number of aromatic nitrogens is 3. The van der Waals surface area contributed by atoms with E-state index in [2.05, 4.69) is 20.3 Å². The minimum atomic E-state index is -0.265. The highest BCUT2D eigenvalue weighted by Gasteiger charge is 2.24. The van der Waals surface area contributed by atoms with Crippen LogP contribution in [0.2, 0.25) is 0 Å². The molecule has 1 unspecified atom stereocenters. The highest BCUT2D eigenvalue weighted by atomic mass is 16.3. The van der Waals surface area contributed by atoms with Crippen LogP contribution in [0.4, 0.5) is 5.82 Å². The van der Waals surface area contributed by atoms with E-state index in [0.29, 0.717) is 18.7 Å². The van der Waals surface area contributed by atoms with Crippen molar-refractivity contribution in [2.75, 3.05) is 18.0 Å². The maximum atomic E-state index is 11.6. The lowest BCUT2D eigenvalue weighted by Gasteiger charge is -2.16. The zero-order valence-corrected chi connectivity index (χ0v) is 11.4. The molecule has 2 aliphatic heterocycles. The van der Waals surface area contributed by atoms with E-state index >= 15 is 0 Å². The van der Waals surface area contributed by atoms with Gasteiger partial charge in [-0.05, 0) is 18.6 Å². The predicted molar refractivity (Wildman–Crippen MR) is 75.4 cm³/mol. The lowest BCUT2D eigenvalue weighted by atomic mass is 10.3. The van der Waals surface area contributed by atoms with Crippen LogP contribution in [0.1, 0.15) is 22.5 Å². The van der Waals surface area contributed by atoms with Gasteiger partial charge < -0.3 is 15.3 Å². The third-order valence-electron chi connectivity index (χ3n) is 3.94.